The van der Waals surface area contributed by atoms with Gasteiger partial charge in [-0.25, -0.2) is 0 Å². The van der Waals surface area contributed by atoms with E-state index in [1.165, 1.54) is 19.3 Å². The molecule has 0 radical (unpaired) electrons. The molecular formula is C5H18Cl8O. The summed E-state index contributed by atoms with van der Waals surface area (Å²) in [4.78, 5) is 0. The molecule has 0 aromatic rings. The number of hydrogen-bond donors (Lipinski definition) is 0. The first-order chi connectivity index (χ1) is 3.00. The summed E-state index contributed by atoms with van der Waals surface area (Å²) in [6, 6.07) is 0. The lowest BCUT2D eigenvalue weighted by Crippen LogP contribution is -2.03. The average Bonchev–Trinajstić information content (AvgIpc) is 1.72. The van der Waals surface area contributed by atoms with E-state index in [-0.39, 0.29) is 99.3 Å². The molecule has 0 amide bonds. The van der Waals surface area contributed by atoms with Crippen LogP contribution in [0.5, 0.6) is 0 Å². The summed E-state index contributed by atoms with van der Waals surface area (Å²) in [5.41, 5.74) is 0. The Hall–Kier alpha value is 2.28. The monoisotopic (exact) mass is 374 g/mol. The van der Waals surface area contributed by atoms with Gasteiger partial charge in [-0.05, 0) is 19.3 Å². The van der Waals surface area contributed by atoms with E-state index in [0.717, 1.165) is 13.2 Å². The first-order valence-electron chi connectivity index (χ1n) is 2.58. The molecule has 9 heteroatoms. The van der Waals surface area contributed by atoms with Crippen molar-refractivity contribution in [2.45, 2.75) is 19.3 Å². The van der Waals surface area contributed by atoms with Gasteiger partial charge in [-0.15, -0.1) is 99.3 Å². The predicted octanol–water partition coefficient (Wildman–Crippen LogP) is 4.56. The highest BCUT2D eigenvalue weighted by molar-refractivity contribution is 5.86. The van der Waals surface area contributed by atoms with E-state index in [1.807, 2.05) is 0 Å². The molecule has 0 N–H and O–H groups in total. The molecule has 1 aliphatic rings. The lowest BCUT2D eigenvalue weighted by Gasteiger charge is -2.08. The highest BCUT2D eigenvalue weighted by Gasteiger charge is 1.94. The van der Waals surface area contributed by atoms with Gasteiger partial charge in [-0.3, -0.25) is 0 Å². The van der Waals surface area contributed by atoms with Crippen LogP contribution in [0.4, 0.5) is 0 Å². The Morgan fingerprint density at radius 1 is 0.429 bits per heavy atom. The molecule has 0 unspecified atom stereocenters. The van der Waals surface area contributed by atoms with Gasteiger partial charge in [0.1, 0.15) is 0 Å². The fourth-order valence-electron chi connectivity index (χ4n) is 0.687. The Labute approximate surface area is 136 Å². The fourth-order valence-corrected chi connectivity index (χ4v) is 0.687. The Bertz CT molecular complexity index is 33.2. The van der Waals surface area contributed by atoms with E-state index in [9.17, 15) is 0 Å². The number of ether oxygens (including phenoxy) is 1. The molecule has 1 saturated heterocycles. The Balaban J connectivity index is -0.00000000750. The summed E-state index contributed by atoms with van der Waals surface area (Å²) >= 11 is 0. The van der Waals surface area contributed by atoms with Crippen molar-refractivity contribution in [1.82, 2.24) is 0 Å². The minimum atomic E-state index is 0. The van der Waals surface area contributed by atoms with Crippen molar-refractivity contribution < 1.29 is 4.74 Å². The number of rotatable bonds is 0. The third-order valence-corrected chi connectivity index (χ3v) is 1.08. The quantitative estimate of drug-likeness (QED) is 0.601. The lowest BCUT2D eigenvalue weighted by atomic mass is 10.2. The zero-order valence-corrected chi connectivity index (χ0v) is 13.7. The predicted molar refractivity (Wildman–Crippen MR) is 82.7 cm³/mol. The van der Waals surface area contributed by atoms with Crippen LogP contribution in [-0.2, 0) is 4.74 Å². The molecule has 1 fully saturated rings. The average molecular weight is 378 g/mol. The van der Waals surface area contributed by atoms with Crippen LogP contribution in [0.2, 0.25) is 0 Å². The lowest BCUT2D eigenvalue weighted by molar-refractivity contribution is 0.0968. The van der Waals surface area contributed by atoms with Crippen LogP contribution in [0.15, 0.2) is 0 Å². The minimum absolute atomic E-state index is 0. The highest BCUT2D eigenvalue weighted by atomic mass is 35.5. The maximum absolute atomic E-state index is 5.07. The zero-order chi connectivity index (χ0) is 4.24. The maximum atomic E-state index is 5.07. The van der Waals surface area contributed by atoms with Crippen molar-refractivity contribution in [1.29, 1.82) is 0 Å². The molecule has 14 heavy (non-hydrogen) atoms. The first-order valence-corrected chi connectivity index (χ1v) is 2.58. The second-order valence-corrected chi connectivity index (χ2v) is 1.67. The topological polar surface area (TPSA) is 9.23 Å². The standard InChI is InChI=1S/C5H10O.8ClH/c1-2-4-6-5-3-1;;;;;;;;/h1-5H2;8*1H. The third kappa shape index (κ3) is 36.7. The van der Waals surface area contributed by atoms with Crippen LogP contribution in [-0.4, -0.2) is 13.2 Å². The molecular weight excluding hydrogens is 360 g/mol. The molecule has 0 aromatic carbocycles. The van der Waals surface area contributed by atoms with Crippen molar-refractivity contribution in [2.75, 3.05) is 13.2 Å². The highest BCUT2D eigenvalue weighted by Crippen LogP contribution is 2.02. The van der Waals surface area contributed by atoms with E-state index in [0.29, 0.717) is 0 Å². The molecule has 0 aromatic heterocycles. The zero-order valence-electron chi connectivity index (χ0n) is 7.21. The molecule has 0 aliphatic carbocycles. The van der Waals surface area contributed by atoms with Crippen LogP contribution in [0.1, 0.15) is 19.3 Å². The molecule has 1 aliphatic heterocycles. The summed E-state index contributed by atoms with van der Waals surface area (Å²) in [7, 11) is 0. The van der Waals surface area contributed by atoms with Gasteiger partial charge in [0, 0.05) is 13.2 Å². The van der Waals surface area contributed by atoms with Gasteiger partial charge in [0.15, 0.2) is 0 Å². The smallest absolute Gasteiger partial charge is 0.0466 e. The van der Waals surface area contributed by atoms with Crippen molar-refractivity contribution in [3.8, 4) is 0 Å². The molecule has 0 saturated carbocycles. The van der Waals surface area contributed by atoms with E-state index in [4.69, 9.17) is 4.74 Å². The second-order valence-electron chi connectivity index (χ2n) is 1.67. The Kier molecular flexibility index (Phi) is 180. The molecule has 0 atom stereocenters. The van der Waals surface area contributed by atoms with Gasteiger partial charge in [-0.1, -0.05) is 0 Å². The van der Waals surface area contributed by atoms with E-state index in [1.54, 1.807) is 0 Å². The van der Waals surface area contributed by atoms with Gasteiger partial charge < -0.3 is 4.74 Å². The first kappa shape index (κ1) is 55.4. The van der Waals surface area contributed by atoms with Gasteiger partial charge in [0.05, 0.1) is 0 Å². The van der Waals surface area contributed by atoms with Crippen LogP contribution in [0.3, 0.4) is 0 Å². The number of halogens is 8. The molecule has 100 valence electrons. The minimum Gasteiger partial charge on any atom is -0.381 e. The van der Waals surface area contributed by atoms with Gasteiger partial charge in [-0.2, -0.15) is 0 Å². The molecule has 0 spiro atoms. The van der Waals surface area contributed by atoms with Gasteiger partial charge >= 0.3 is 0 Å². The van der Waals surface area contributed by atoms with Crippen LogP contribution in [0.25, 0.3) is 0 Å². The summed E-state index contributed by atoms with van der Waals surface area (Å²) in [6.07, 6.45) is 3.93. The summed E-state index contributed by atoms with van der Waals surface area (Å²) in [5.74, 6) is 0. The summed E-state index contributed by atoms with van der Waals surface area (Å²) in [5, 5.41) is 0. The summed E-state index contributed by atoms with van der Waals surface area (Å²) in [6.45, 7) is 2.00. The third-order valence-electron chi connectivity index (χ3n) is 1.08. The number of hydrogen-bond acceptors (Lipinski definition) is 1. The SMILES string of the molecule is C1CCOCC1.Cl.Cl.Cl.Cl.Cl.Cl.Cl.Cl. The van der Waals surface area contributed by atoms with Crippen molar-refractivity contribution in [3.63, 3.8) is 0 Å². The van der Waals surface area contributed by atoms with E-state index in [2.05, 4.69) is 0 Å². The van der Waals surface area contributed by atoms with Crippen molar-refractivity contribution in [3.05, 3.63) is 0 Å². The molecule has 1 heterocycles. The maximum Gasteiger partial charge on any atom is 0.0466 e. The van der Waals surface area contributed by atoms with Crippen molar-refractivity contribution in [2.24, 2.45) is 0 Å². The molecule has 1 rings (SSSR count). The summed E-state index contributed by atoms with van der Waals surface area (Å²) < 4.78 is 5.07. The van der Waals surface area contributed by atoms with Gasteiger partial charge in [0.25, 0.3) is 0 Å². The Morgan fingerprint density at radius 3 is 0.786 bits per heavy atom. The van der Waals surface area contributed by atoms with Crippen LogP contribution < -0.4 is 0 Å². The molecule has 0 bridgehead atoms. The normalized spacial score (nSPS) is 10.3. The molecule has 1 nitrogen and oxygen atoms in total. The van der Waals surface area contributed by atoms with Crippen LogP contribution in [0, 0.1) is 0 Å². The fraction of sp³-hybridized carbons (Fsp3) is 1.00. The second kappa shape index (κ2) is 45.4. The van der Waals surface area contributed by atoms with Crippen LogP contribution >= 0.6 is 99.3 Å². The van der Waals surface area contributed by atoms with E-state index < -0.39 is 0 Å². The Morgan fingerprint density at radius 2 is 0.714 bits per heavy atom. The van der Waals surface area contributed by atoms with Gasteiger partial charge in [0.2, 0.25) is 0 Å². The largest absolute Gasteiger partial charge is 0.381 e. The van der Waals surface area contributed by atoms with Crippen molar-refractivity contribution >= 4 is 99.3 Å². The van der Waals surface area contributed by atoms with E-state index >= 15 is 0 Å².